The average molecular weight is 292 g/mol. The molecule has 0 aliphatic rings. The van der Waals surface area contributed by atoms with Crippen molar-refractivity contribution in [2.75, 3.05) is 7.11 Å². The average Bonchev–Trinajstić information content (AvgIpc) is 2.87. The molecule has 1 aromatic heterocycles. The summed E-state index contributed by atoms with van der Waals surface area (Å²) in [7, 11) is -3.29. The van der Waals surface area contributed by atoms with E-state index in [0.717, 1.165) is 19.6 Å². The number of hydrogen-bond acceptors (Lipinski definition) is 4. The Morgan fingerprint density at radius 1 is 1.42 bits per heavy atom. The molecule has 0 saturated heterocycles. The monoisotopic (exact) mass is 292 g/mol. The van der Waals surface area contributed by atoms with Gasteiger partial charge in [0, 0.05) is 18.9 Å². The molecule has 1 aromatic rings. The predicted octanol–water partition coefficient (Wildman–Crippen LogP) is 2.54. The molecule has 0 bridgehead atoms. The molecule has 0 aliphatic carbocycles. The third kappa shape index (κ3) is 10.7. The van der Waals surface area contributed by atoms with Crippen molar-refractivity contribution >= 4 is 10.4 Å². The first-order valence-corrected chi connectivity index (χ1v) is 7.78. The molecule has 1 unspecified atom stereocenters. The number of rotatable bonds is 7. The molecule has 1 atom stereocenters. The standard InChI is InChI=1S/C11H20N2.CH4O4S/c1-3-5-6-11(4-2)9-13-8-7-12-10-13;1-5-6(2,3)4/h7-8,10-11H,3-6,9H2,1-2H3;1H3,(H,2,3,4). The fraction of sp³-hybridized carbons (Fsp3) is 0.750. The highest BCUT2D eigenvalue weighted by atomic mass is 32.3. The molecule has 6 nitrogen and oxygen atoms in total. The number of hydrogen-bond donors (Lipinski definition) is 1. The van der Waals surface area contributed by atoms with Crippen LogP contribution in [0.2, 0.25) is 0 Å². The smallest absolute Gasteiger partial charge is 0.337 e. The van der Waals surface area contributed by atoms with Crippen molar-refractivity contribution in [3.8, 4) is 0 Å². The SMILES string of the molecule is CCCCC(CC)Cn1ccnc1.COS(=O)(=O)O. The summed E-state index contributed by atoms with van der Waals surface area (Å²) < 4.78 is 31.9. The molecule has 0 aromatic carbocycles. The van der Waals surface area contributed by atoms with E-state index in [-0.39, 0.29) is 0 Å². The van der Waals surface area contributed by atoms with E-state index in [0.29, 0.717) is 0 Å². The lowest BCUT2D eigenvalue weighted by atomic mass is 9.99. The van der Waals surface area contributed by atoms with E-state index in [2.05, 4.69) is 33.8 Å². The number of aromatic nitrogens is 2. The van der Waals surface area contributed by atoms with Gasteiger partial charge in [-0.1, -0.05) is 33.1 Å². The van der Waals surface area contributed by atoms with Crippen LogP contribution < -0.4 is 0 Å². The van der Waals surface area contributed by atoms with Crippen molar-refractivity contribution in [2.45, 2.75) is 46.1 Å². The summed E-state index contributed by atoms with van der Waals surface area (Å²) >= 11 is 0. The summed E-state index contributed by atoms with van der Waals surface area (Å²) in [5, 5.41) is 0. The Morgan fingerprint density at radius 3 is 2.42 bits per heavy atom. The van der Waals surface area contributed by atoms with Crippen molar-refractivity contribution in [1.29, 1.82) is 0 Å². The summed E-state index contributed by atoms with van der Waals surface area (Å²) in [5.41, 5.74) is 0. The van der Waals surface area contributed by atoms with Crippen LogP contribution in [0.15, 0.2) is 18.7 Å². The molecule has 19 heavy (non-hydrogen) atoms. The zero-order chi connectivity index (χ0) is 14.7. The van der Waals surface area contributed by atoms with Crippen molar-refractivity contribution in [3.63, 3.8) is 0 Å². The minimum atomic E-state index is -4.16. The van der Waals surface area contributed by atoms with Crippen LogP contribution in [0, 0.1) is 5.92 Å². The van der Waals surface area contributed by atoms with Gasteiger partial charge in [-0.15, -0.1) is 0 Å². The van der Waals surface area contributed by atoms with E-state index in [4.69, 9.17) is 4.55 Å². The largest absolute Gasteiger partial charge is 0.397 e. The number of nitrogens with zero attached hydrogens (tertiary/aromatic N) is 2. The van der Waals surface area contributed by atoms with Gasteiger partial charge in [0.05, 0.1) is 13.4 Å². The summed E-state index contributed by atoms with van der Waals surface area (Å²) in [6, 6.07) is 0. The first-order chi connectivity index (χ1) is 8.92. The zero-order valence-corrected chi connectivity index (χ0v) is 12.6. The molecular formula is C12H24N2O4S. The second kappa shape index (κ2) is 9.94. The highest BCUT2D eigenvalue weighted by molar-refractivity contribution is 7.80. The van der Waals surface area contributed by atoms with Gasteiger partial charge >= 0.3 is 10.4 Å². The van der Waals surface area contributed by atoms with Gasteiger partial charge in [0.1, 0.15) is 0 Å². The maximum absolute atomic E-state index is 9.33. The molecule has 112 valence electrons. The predicted molar refractivity (Wildman–Crippen MR) is 74.1 cm³/mol. The molecule has 1 N–H and O–H groups in total. The molecule has 0 saturated carbocycles. The third-order valence-electron chi connectivity index (χ3n) is 2.78. The lowest BCUT2D eigenvalue weighted by Crippen LogP contribution is -2.08. The van der Waals surface area contributed by atoms with E-state index in [1.807, 2.05) is 12.5 Å². The van der Waals surface area contributed by atoms with Gasteiger partial charge in [-0.25, -0.2) is 4.98 Å². The summed E-state index contributed by atoms with van der Waals surface area (Å²) in [4.78, 5) is 4.05. The van der Waals surface area contributed by atoms with E-state index in [1.54, 1.807) is 0 Å². The highest BCUT2D eigenvalue weighted by Gasteiger charge is 2.05. The normalized spacial score (nSPS) is 12.6. The van der Waals surface area contributed by atoms with Crippen LogP contribution in [0.1, 0.15) is 39.5 Å². The van der Waals surface area contributed by atoms with Crippen LogP contribution in [0.25, 0.3) is 0 Å². The van der Waals surface area contributed by atoms with E-state index >= 15 is 0 Å². The lowest BCUT2D eigenvalue weighted by Gasteiger charge is -2.14. The minimum absolute atomic E-state index is 0.828. The Bertz CT molecular complexity index is 403. The number of unbranched alkanes of at least 4 members (excludes halogenated alkanes) is 1. The van der Waals surface area contributed by atoms with Crippen molar-refractivity contribution in [1.82, 2.24) is 9.55 Å². The minimum Gasteiger partial charge on any atom is -0.337 e. The molecular weight excluding hydrogens is 268 g/mol. The highest BCUT2D eigenvalue weighted by Crippen LogP contribution is 2.14. The van der Waals surface area contributed by atoms with Gasteiger partial charge in [0.15, 0.2) is 0 Å². The van der Waals surface area contributed by atoms with Crippen LogP contribution in [-0.2, 0) is 21.1 Å². The van der Waals surface area contributed by atoms with Gasteiger partial charge in [0.25, 0.3) is 0 Å². The van der Waals surface area contributed by atoms with Crippen LogP contribution in [0.3, 0.4) is 0 Å². The second-order valence-electron chi connectivity index (χ2n) is 4.27. The third-order valence-corrected chi connectivity index (χ3v) is 3.20. The second-order valence-corrected chi connectivity index (χ2v) is 5.46. The Hall–Kier alpha value is -0.920. The van der Waals surface area contributed by atoms with Gasteiger partial charge in [-0.2, -0.15) is 8.42 Å². The van der Waals surface area contributed by atoms with Gasteiger partial charge in [-0.05, 0) is 12.3 Å². The topological polar surface area (TPSA) is 81.4 Å². The first-order valence-electron chi connectivity index (χ1n) is 6.41. The molecule has 0 spiro atoms. The van der Waals surface area contributed by atoms with E-state index < -0.39 is 10.4 Å². The van der Waals surface area contributed by atoms with E-state index in [1.165, 1.54) is 25.7 Å². The fourth-order valence-corrected chi connectivity index (χ4v) is 1.61. The van der Waals surface area contributed by atoms with Gasteiger partial charge in [-0.3, -0.25) is 8.74 Å². The van der Waals surface area contributed by atoms with Gasteiger partial charge < -0.3 is 4.57 Å². The van der Waals surface area contributed by atoms with Crippen LogP contribution in [0.5, 0.6) is 0 Å². The molecule has 0 radical (unpaired) electrons. The maximum atomic E-state index is 9.33. The Balaban J connectivity index is 0.000000459. The zero-order valence-electron chi connectivity index (χ0n) is 11.8. The van der Waals surface area contributed by atoms with E-state index in [9.17, 15) is 8.42 Å². The lowest BCUT2D eigenvalue weighted by molar-refractivity contribution is 0.324. The molecule has 1 rings (SSSR count). The molecule has 7 heteroatoms. The molecule has 0 amide bonds. The summed E-state index contributed by atoms with van der Waals surface area (Å²) in [6.45, 7) is 5.66. The fourth-order valence-electron chi connectivity index (χ4n) is 1.61. The maximum Gasteiger partial charge on any atom is 0.397 e. The van der Waals surface area contributed by atoms with Crippen molar-refractivity contribution < 1.29 is 17.2 Å². The molecule has 1 heterocycles. The van der Waals surface area contributed by atoms with Crippen LogP contribution in [0.4, 0.5) is 0 Å². The quantitative estimate of drug-likeness (QED) is 0.781. The van der Waals surface area contributed by atoms with Crippen molar-refractivity contribution in [3.05, 3.63) is 18.7 Å². The van der Waals surface area contributed by atoms with Crippen LogP contribution in [-0.4, -0.2) is 29.6 Å². The first kappa shape index (κ1) is 18.1. The summed E-state index contributed by atoms with van der Waals surface area (Å²) in [5.74, 6) is 0.828. The molecule has 0 aliphatic heterocycles. The van der Waals surface area contributed by atoms with Crippen LogP contribution >= 0.6 is 0 Å². The number of imidazole rings is 1. The molecule has 0 fully saturated rings. The summed E-state index contributed by atoms with van der Waals surface area (Å²) in [6.07, 6.45) is 11.1. The van der Waals surface area contributed by atoms with Gasteiger partial charge in [0.2, 0.25) is 0 Å². The van der Waals surface area contributed by atoms with Crippen molar-refractivity contribution in [2.24, 2.45) is 5.92 Å². The Morgan fingerprint density at radius 2 is 2.05 bits per heavy atom. The Kier molecular flexibility index (Phi) is 9.46. The Labute approximate surface area is 115 Å².